The Hall–Kier alpha value is 0.470. The van der Waals surface area contributed by atoms with Crippen molar-refractivity contribution in [2.24, 2.45) is 5.73 Å². The number of halogens is 2. The summed E-state index contributed by atoms with van der Waals surface area (Å²) in [6.45, 7) is 2.55. The van der Waals surface area contributed by atoms with Gasteiger partial charge in [-0.3, -0.25) is 0 Å². The minimum atomic E-state index is 0. The molecule has 0 atom stereocenters. The van der Waals surface area contributed by atoms with Gasteiger partial charge < -0.3 is 5.73 Å². The minimum Gasteiger partial charge on any atom is -0.326 e. The quantitative estimate of drug-likeness (QED) is 0.662. The summed E-state index contributed by atoms with van der Waals surface area (Å²) in [7, 11) is 0. The van der Waals surface area contributed by atoms with Crippen LogP contribution in [0.1, 0.15) is 6.92 Å². The first kappa shape index (κ1) is 10.5. The normalized spacial score (nSPS) is 10.4. The maximum atomic E-state index is 5.17. The third-order valence-electron chi connectivity index (χ3n) is 0.508. The Labute approximate surface area is 58.5 Å². The summed E-state index contributed by atoms with van der Waals surface area (Å²) in [6.07, 6.45) is 1.93. The molecule has 0 aromatic rings. The molecule has 0 rings (SSSR count). The highest BCUT2D eigenvalue weighted by Crippen LogP contribution is 1.98. The van der Waals surface area contributed by atoms with Gasteiger partial charge in [-0.15, -0.1) is 12.4 Å². The third-order valence-corrected chi connectivity index (χ3v) is 1.29. The zero-order chi connectivity index (χ0) is 4.99. The van der Waals surface area contributed by atoms with E-state index in [9.17, 15) is 0 Å². The van der Waals surface area contributed by atoms with Gasteiger partial charge in [0, 0.05) is 11.0 Å². The monoisotopic (exact) mass is 185 g/mol. The molecule has 0 bridgehead atoms. The highest BCUT2D eigenvalue weighted by atomic mass is 79.9. The summed E-state index contributed by atoms with van der Waals surface area (Å²) >= 11 is 3.21. The summed E-state index contributed by atoms with van der Waals surface area (Å²) in [4.78, 5) is 0. The maximum absolute atomic E-state index is 5.17. The molecular weight excluding hydrogens is 177 g/mol. The molecule has 0 saturated heterocycles. The lowest BCUT2D eigenvalue weighted by Gasteiger charge is -1.83. The van der Waals surface area contributed by atoms with Crippen molar-refractivity contribution in [3.8, 4) is 0 Å². The number of allylic oxidation sites excluding steroid dienone is 1. The molecule has 1 nitrogen and oxygen atoms in total. The maximum Gasteiger partial charge on any atom is 0.0241 e. The van der Waals surface area contributed by atoms with Crippen molar-refractivity contribution < 1.29 is 0 Å². The van der Waals surface area contributed by atoms with E-state index in [2.05, 4.69) is 15.9 Å². The van der Waals surface area contributed by atoms with Crippen molar-refractivity contribution in [2.75, 3.05) is 6.54 Å². The van der Waals surface area contributed by atoms with Gasteiger partial charge in [-0.25, -0.2) is 0 Å². The van der Waals surface area contributed by atoms with Crippen LogP contribution in [-0.4, -0.2) is 6.54 Å². The van der Waals surface area contributed by atoms with Crippen LogP contribution < -0.4 is 5.73 Å². The molecule has 0 amide bonds. The lowest BCUT2D eigenvalue weighted by atomic mass is 10.5. The molecule has 3 heteroatoms. The molecule has 0 spiro atoms. The molecule has 0 unspecified atom stereocenters. The Morgan fingerprint density at radius 2 is 2.29 bits per heavy atom. The fourth-order valence-corrected chi connectivity index (χ4v) is 0.118. The fourth-order valence-electron chi connectivity index (χ4n) is 0.118. The summed E-state index contributed by atoms with van der Waals surface area (Å²) in [6, 6.07) is 0. The number of hydrogen-bond acceptors (Lipinski definition) is 1. The summed E-state index contributed by atoms with van der Waals surface area (Å²) in [5.74, 6) is 0. The van der Waals surface area contributed by atoms with E-state index in [1.54, 1.807) is 0 Å². The predicted molar refractivity (Wildman–Crippen MR) is 39.0 cm³/mol. The van der Waals surface area contributed by atoms with Gasteiger partial charge in [-0.05, 0) is 6.92 Å². The van der Waals surface area contributed by atoms with Crippen molar-refractivity contribution in [3.05, 3.63) is 10.6 Å². The molecule has 2 N–H and O–H groups in total. The first-order valence-corrected chi connectivity index (χ1v) is 2.61. The first-order chi connectivity index (χ1) is 2.81. The SMILES string of the molecule is C/C=C(\Br)CN.Cl. The van der Waals surface area contributed by atoms with Crippen LogP contribution in [0.25, 0.3) is 0 Å². The molecule has 7 heavy (non-hydrogen) atoms. The van der Waals surface area contributed by atoms with Crippen LogP contribution in [0.15, 0.2) is 10.6 Å². The van der Waals surface area contributed by atoms with Crippen molar-refractivity contribution in [1.82, 2.24) is 0 Å². The average Bonchev–Trinajstić information content (AvgIpc) is 1.65. The summed E-state index contributed by atoms with van der Waals surface area (Å²) in [5, 5.41) is 0. The molecule has 44 valence electrons. The van der Waals surface area contributed by atoms with Gasteiger partial charge in [0.1, 0.15) is 0 Å². The molecular formula is C4H9BrClN. The minimum absolute atomic E-state index is 0. The highest BCUT2D eigenvalue weighted by molar-refractivity contribution is 9.11. The van der Waals surface area contributed by atoms with Crippen LogP contribution in [0.3, 0.4) is 0 Å². The van der Waals surface area contributed by atoms with Crippen LogP contribution >= 0.6 is 28.3 Å². The smallest absolute Gasteiger partial charge is 0.0241 e. The lowest BCUT2D eigenvalue weighted by molar-refractivity contribution is 1.23. The summed E-state index contributed by atoms with van der Waals surface area (Å²) in [5.41, 5.74) is 5.17. The van der Waals surface area contributed by atoms with Crippen molar-refractivity contribution in [3.63, 3.8) is 0 Å². The van der Waals surface area contributed by atoms with E-state index in [1.165, 1.54) is 0 Å². The fraction of sp³-hybridized carbons (Fsp3) is 0.500. The topological polar surface area (TPSA) is 26.0 Å². The molecule has 0 aromatic carbocycles. The van der Waals surface area contributed by atoms with Crippen molar-refractivity contribution in [1.29, 1.82) is 0 Å². The Balaban J connectivity index is 0. The number of hydrogen-bond donors (Lipinski definition) is 1. The van der Waals surface area contributed by atoms with Gasteiger partial charge in [-0.1, -0.05) is 22.0 Å². The second-order valence-electron chi connectivity index (χ2n) is 0.940. The van der Waals surface area contributed by atoms with E-state index >= 15 is 0 Å². The largest absolute Gasteiger partial charge is 0.326 e. The Bertz CT molecular complexity index is 62.7. The van der Waals surface area contributed by atoms with Crippen LogP contribution in [0.5, 0.6) is 0 Å². The molecule has 0 aliphatic heterocycles. The van der Waals surface area contributed by atoms with Gasteiger partial charge in [0.05, 0.1) is 0 Å². The van der Waals surface area contributed by atoms with E-state index in [0.717, 1.165) is 4.48 Å². The van der Waals surface area contributed by atoms with Gasteiger partial charge in [0.25, 0.3) is 0 Å². The average molecular weight is 186 g/mol. The zero-order valence-electron chi connectivity index (χ0n) is 4.15. The Morgan fingerprint density at radius 1 is 1.86 bits per heavy atom. The molecule has 0 saturated carbocycles. The van der Waals surface area contributed by atoms with Crippen LogP contribution in [-0.2, 0) is 0 Å². The Kier molecular flexibility index (Phi) is 9.66. The Morgan fingerprint density at radius 3 is 2.29 bits per heavy atom. The van der Waals surface area contributed by atoms with Crippen LogP contribution in [0.4, 0.5) is 0 Å². The molecule has 0 aromatic heterocycles. The zero-order valence-corrected chi connectivity index (χ0v) is 6.55. The summed E-state index contributed by atoms with van der Waals surface area (Å²) < 4.78 is 1.06. The van der Waals surface area contributed by atoms with E-state index < -0.39 is 0 Å². The molecule has 0 aliphatic rings. The first-order valence-electron chi connectivity index (χ1n) is 1.82. The van der Waals surface area contributed by atoms with Crippen molar-refractivity contribution in [2.45, 2.75) is 6.92 Å². The van der Waals surface area contributed by atoms with E-state index in [1.807, 2.05) is 13.0 Å². The van der Waals surface area contributed by atoms with E-state index in [4.69, 9.17) is 5.73 Å². The van der Waals surface area contributed by atoms with Crippen LogP contribution in [0, 0.1) is 0 Å². The molecule has 0 aliphatic carbocycles. The predicted octanol–water partition coefficient (Wildman–Crippen LogP) is 1.67. The van der Waals surface area contributed by atoms with Crippen molar-refractivity contribution >= 4 is 28.3 Å². The lowest BCUT2D eigenvalue weighted by Crippen LogP contribution is -1.96. The second kappa shape index (κ2) is 6.47. The number of rotatable bonds is 1. The molecule has 0 heterocycles. The second-order valence-corrected chi connectivity index (χ2v) is 1.96. The van der Waals surface area contributed by atoms with E-state index in [-0.39, 0.29) is 12.4 Å². The van der Waals surface area contributed by atoms with Gasteiger partial charge in [0.15, 0.2) is 0 Å². The van der Waals surface area contributed by atoms with Gasteiger partial charge in [-0.2, -0.15) is 0 Å². The number of nitrogens with two attached hydrogens (primary N) is 1. The highest BCUT2D eigenvalue weighted by Gasteiger charge is 1.75. The molecule has 0 fully saturated rings. The molecule has 0 radical (unpaired) electrons. The van der Waals surface area contributed by atoms with Gasteiger partial charge >= 0.3 is 0 Å². The third kappa shape index (κ3) is 6.47. The van der Waals surface area contributed by atoms with Gasteiger partial charge in [0.2, 0.25) is 0 Å². The van der Waals surface area contributed by atoms with Crippen LogP contribution in [0.2, 0.25) is 0 Å². The standard InChI is InChI=1S/C4H8BrN.ClH/c1-2-4(5)3-6;/h2H,3,6H2,1H3;1H/b4-2-;. The van der Waals surface area contributed by atoms with E-state index in [0.29, 0.717) is 6.54 Å².